The third kappa shape index (κ3) is 3.57. The van der Waals surface area contributed by atoms with Crippen LogP contribution in [0.3, 0.4) is 0 Å². The predicted molar refractivity (Wildman–Crippen MR) is 71.2 cm³/mol. The second-order valence-electron chi connectivity index (χ2n) is 3.01. The van der Waals surface area contributed by atoms with Crippen LogP contribution >= 0.6 is 24.0 Å². The van der Waals surface area contributed by atoms with E-state index >= 15 is 0 Å². The lowest BCUT2D eigenvalue weighted by Gasteiger charge is -2.10. The van der Waals surface area contributed by atoms with Gasteiger partial charge in [0.1, 0.15) is 11.5 Å². The maximum absolute atomic E-state index is 9.25. The number of rotatable bonds is 6. The number of benzene rings is 1. The average Bonchev–Trinajstić information content (AvgIpc) is 2.29. The quantitative estimate of drug-likeness (QED) is 0.627. The van der Waals surface area contributed by atoms with E-state index in [1.807, 2.05) is 6.26 Å². The highest BCUT2D eigenvalue weighted by Crippen LogP contribution is 2.25. The SMILES string of the molecule is COc1cc(OCCSC)ccc1C(O)=S. The molecule has 0 aliphatic rings. The highest BCUT2D eigenvalue weighted by Gasteiger charge is 2.08. The molecule has 1 N–H and O–H groups in total. The van der Waals surface area contributed by atoms with Crippen molar-refractivity contribution < 1.29 is 14.6 Å². The summed E-state index contributed by atoms with van der Waals surface area (Å²) in [5, 5.41) is 9.07. The van der Waals surface area contributed by atoms with Crippen LogP contribution in [0.15, 0.2) is 18.2 Å². The number of aliphatic hydroxyl groups excluding tert-OH is 1. The van der Waals surface area contributed by atoms with Crippen LogP contribution in [-0.4, -0.2) is 35.9 Å². The zero-order chi connectivity index (χ0) is 12.0. The zero-order valence-corrected chi connectivity index (χ0v) is 10.9. The molecule has 1 aromatic rings. The van der Waals surface area contributed by atoms with E-state index in [4.69, 9.17) is 21.7 Å². The highest BCUT2D eigenvalue weighted by molar-refractivity contribution is 7.98. The lowest BCUT2D eigenvalue weighted by atomic mass is 10.2. The number of aliphatic hydroxyl groups is 1. The van der Waals surface area contributed by atoms with Crippen LogP contribution in [0.1, 0.15) is 5.56 Å². The van der Waals surface area contributed by atoms with Gasteiger partial charge in [-0.05, 0) is 30.6 Å². The molecular formula is C11H14O3S2. The van der Waals surface area contributed by atoms with Crippen molar-refractivity contribution in [3.8, 4) is 11.5 Å². The van der Waals surface area contributed by atoms with Crippen LogP contribution < -0.4 is 9.47 Å². The summed E-state index contributed by atoms with van der Waals surface area (Å²) in [4.78, 5) is 0. The fourth-order valence-corrected chi connectivity index (χ4v) is 1.60. The molecule has 1 aromatic carbocycles. The molecule has 0 unspecified atom stereocenters. The number of ether oxygens (including phenoxy) is 2. The molecule has 0 radical (unpaired) electrons. The minimum atomic E-state index is -0.174. The lowest BCUT2D eigenvalue weighted by molar-refractivity contribution is 0.339. The Morgan fingerprint density at radius 1 is 1.50 bits per heavy atom. The normalized spacial score (nSPS) is 9.88. The minimum Gasteiger partial charge on any atom is -0.498 e. The molecule has 0 fully saturated rings. The third-order valence-electron chi connectivity index (χ3n) is 1.96. The summed E-state index contributed by atoms with van der Waals surface area (Å²) in [5.41, 5.74) is 0.509. The van der Waals surface area contributed by atoms with Gasteiger partial charge in [-0.25, -0.2) is 0 Å². The van der Waals surface area contributed by atoms with Crippen LogP contribution in [0.4, 0.5) is 0 Å². The van der Waals surface area contributed by atoms with E-state index in [1.165, 1.54) is 7.11 Å². The molecule has 3 nitrogen and oxygen atoms in total. The number of hydrogen-bond acceptors (Lipinski definition) is 4. The van der Waals surface area contributed by atoms with Crippen molar-refractivity contribution in [3.63, 3.8) is 0 Å². The van der Waals surface area contributed by atoms with Gasteiger partial charge < -0.3 is 14.6 Å². The van der Waals surface area contributed by atoms with Gasteiger partial charge in [0.25, 0.3) is 0 Å². The zero-order valence-electron chi connectivity index (χ0n) is 9.23. The molecule has 5 heteroatoms. The van der Waals surface area contributed by atoms with Gasteiger partial charge in [0.05, 0.1) is 19.3 Å². The fourth-order valence-electron chi connectivity index (χ4n) is 1.18. The molecular weight excluding hydrogens is 244 g/mol. The van der Waals surface area contributed by atoms with Gasteiger partial charge in [0.15, 0.2) is 5.05 Å². The second-order valence-corrected chi connectivity index (χ2v) is 4.38. The van der Waals surface area contributed by atoms with Gasteiger partial charge in [0.2, 0.25) is 0 Å². The Hall–Kier alpha value is -0.940. The molecule has 0 amide bonds. The molecule has 0 aromatic heterocycles. The Bertz CT molecular complexity index is 366. The Morgan fingerprint density at radius 2 is 2.25 bits per heavy atom. The molecule has 16 heavy (non-hydrogen) atoms. The summed E-state index contributed by atoms with van der Waals surface area (Å²) in [7, 11) is 1.53. The number of methoxy groups -OCH3 is 1. The Morgan fingerprint density at radius 3 is 2.81 bits per heavy atom. The van der Waals surface area contributed by atoms with Crippen LogP contribution in [0, 0.1) is 0 Å². The van der Waals surface area contributed by atoms with E-state index < -0.39 is 0 Å². The van der Waals surface area contributed by atoms with E-state index in [0.29, 0.717) is 23.7 Å². The molecule has 0 atom stereocenters. The summed E-state index contributed by atoms with van der Waals surface area (Å²) in [6, 6.07) is 5.18. The first-order valence-corrected chi connectivity index (χ1v) is 6.52. The van der Waals surface area contributed by atoms with Crippen molar-refractivity contribution in [2.75, 3.05) is 25.7 Å². The van der Waals surface area contributed by atoms with Gasteiger partial charge in [-0.1, -0.05) is 0 Å². The maximum atomic E-state index is 9.25. The van der Waals surface area contributed by atoms with Gasteiger partial charge in [-0.15, -0.1) is 0 Å². The molecule has 0 aliphatic carbocycles. The van der Waals surface area contributed by atoms with Crippen molar-refractivity contribution in [2.24, 2.45) is 0 Å². The van der Waals surface area contributed by atoms with E-state index in [2.05, 4.69) is 0 Å². The largest absolute Gasteiger partial charge is 0.498 e. The standard InChI is InChI=1S/C11H14O3S2/c1-13-10-7-8(14-5-6-16-2)3-4-9(10)11(12)15/h3-4,7H,5-6H2,1-2H3,(H,12,15). The maximum Gasteiger partial charge on any atom is 0.192 e. The molecule has 0 aliphatic heterocycles. The van der Waals surface area contributed by atoms with E-state index in [9.17, 15) is 5.11 Å². The summed E-state index contributed by atoms with van der Waals surface area (Å²) in [6.07, 6.45) is 2.03. The first-order valence-electron chi connectivity index (χ1n) is 4.72. The van der Waals surface area contributed by atoms with E-state index in [-0.39, 0.29) is 5.05 Å². The van der Waals surface area contributed by atoms with Crippen molar-refractivity contribution in [3.05, 3.63) is 23.8 Å². The van der Waals surface area contributed by atoms with Crippen LogP contribution in [0.25, 0.3) is 0 Å². The topological polar surface area (TPSA) is 38.7 Å². The Balaban J connectivity index is 2.78. The molecule has 1 rings (SSSR count). The van der Waals surface area contributed by atoms with Crippen LogP contribution in [-0.2, 0) is 0 Å². The molecule has 0 heterocycles. The monoisotopic (exact) mass is 258 g/mol. The van der Waals surface area contributed by atoms with Gasteiger partial charge in [0, 0.05) is 11.8 Å². The molecule has 0 saturated carbocycles. The summed E-state index contributed by atoms with van der Waals surface area (Å²) >= 11 is 6.42. The Labute approximate surface area is 105 Å². The van der Waals surface area contributed by atoms with Crippen molar-refractivity contribution >= 4 is 29.0 Å². The predicted octanol–water partition coefficient (Wildman–Crippen LogP) is 2.67. The van der Waals surface area contributed by atoms with Gasteiger partial charge in [-0.3, -0.25) is 0 Å². The Kier molecular flexibility index (Phi) is 5.42. The van der Waals surface area contributed by atoms with Crippen molar-refractivity contribution in [1.29, 1.82) is 0 Å². The van der Waals surface area contributed by atoms with Gasteiger partial charge >= 0.3 is 0 Å². The van der Waals surface area contributed by atoms with E-state index in [0.717, 1.165) is 5.75 Å². The first kappa shape index (κ1) is 13.1. The smallest absolute Gasteiger partial charge is 0.192 e. The van der Waals surface area contributed by atoms with Crippen LogP contribution in [0.2, 0.25) is 0 Å². The molecule has 0 spiro atoms. The first-order chi connectivity index (χ1) is 7.69. The molecule has 88 valence electrons. The fraction of sp³-hybridized carbons (Fsp3) is 0.364. The van der Waals surface area contributed by atoms with Crippen molar-refractivity contribution in [2.45, 2.75) is 0 Å². The number of thiocarbonyl (C=S) groups is 1. The molecule has 0 saturated heterocycles. The van der Waals surface area contributed by atoms with Crippen LogP contribution in [0.5, 0.6) is 11.5 Å². The van der Waals surface area contributed by atoms with Gasteiger partial charge in [-0.2, -0.15) is 11.8 Å². The third-order valence-corrected chi connectivity index (χ3v) is 2.75. The summed E-state index contributed by atoms with van der Waals surface area (Å²) < 4.78 is 10.6. The number of hydrogen-bond donors (Lipinski definition) is 1. The highest BCUT2D eigenvalue weighted by atomic mass is 32.2. The summed E-state index contributed by atoms with van der Waals surface area (Å²) in [5.74, 6) is 2.17. The number of thioether (sulfide) groups is 1. The average molecular weight is 258 g/mol. The summed E-state index contributed by atoms with van der Waals surface area (Å²) in [6.45, 7) is 0.646. The minimum absolute atomic E-state index is 0.174. The van der Waals surface area contributed by atoms with E-state index in [1.54, 1.807) is 30.0 Å². The molecule has 0 bridgehead atoms. The van der Waals surface area contributed by atoms with Crippen molar-refractivity contribution in [1.82, 2.24) is 0 Å². The second kappa shape index (κ2) is 6.60. The lowest BCUT2D eigenvalue weighted by Crippen LogP contribution is -2.02.